The van der Waals surface area contributed by atoms with Crippen LogP contribution < -0.4 is 5.32 Å². The Morgan fingerprint density at radius 1 is 1.56 bits per heavy atom. The second-order valence-corrected chi connectivity index (χ2v) is 7.62. The number of thioether (sulfide) groups is 2. The monoisotopic (exact) mass is 305 g/mol. The van der Waals surface area contributed by atoms with Crippen molar-refractivity contribution in [3.8, 4) is 0 Å². The van der Waals surface area contributed by atoms with Gasteiger partial charge in [0.1, 0.15) is 0 Å². The standard InChI is InChI=1S/C10H15N3O2S3/c1-16-10(3-2-4-10)6-11-8-12-13-9(18-8)17-5-7(14)15/h2-6H2,1H3,(H,11,12)(H,14,15). The van der Waals surface area contributed by atoms with Crippen LogP contribution in [0.15, 0.2) is 4.34 Å². The molecule has 0 bridgehead atoms. The van der Waals surface area contributed by atoms with Gasteiger partial charge in [0.15, 0.2) is 4.34 Å². The summed E-state index contributed by atoms with van der Waals surface area (Å²) in [5, 5.41) is 20.7. The lowest BCUT2D eigenvalue weighted by molar-refractivity contribution is -0.133. The molecule has 2 N–H and O–H groups in total. The first-order chi connectivity index (χ1) is 8.63. The first-order valence-electron chi connectivity index (χ1n) is 5.61. The number of nitrogens with one attached hydrogen (secondary N) is 1. The van der Waals surface area contributed by atoms with Gasteiger partial charge in [0, 0.05) is 11.3 Å². The molecule has 0 saturated heterocycles. The van der Waals surface area contributed by atoms with Crippen molar-refractivity contribution >= 4 is 46.0 Å². The van der Waals surface area contributed by atoms with Crippen molar-refractivity contribution in [2.24, 2.45) is 0 Å². The van der Waals surface area contributed by atoms with E-state index in [1.54, 1.807) is 0 Å². The van der Waals surface area contributed by atoms with Gasteiger partial charge in [0.25, 0.3) is 0 Å². The Labute approximate surface area is 118 Å². The number of carboxylic acid groups (broad SMARTS) is 1. The van der Waals surface area contributed by atoms with Crippen molar-refractivity contribution in [1.82, 2.24) is 10.2 Å². The van der Waals surface area contributed by atoms with Gasteiger partial charge in [-0.15, -0.1) is 10.2 Å². The minimum absolute atomic E-state index is 0.0311. The first-order valence-corrected chi connectivity index (χ1v) is 8.63. The molecule has 0 amide bonds. The van der Waals surface area contributed by atoms with E-state index in [1.165, 1.54) is 42.4 Å². The lowest BCUT2D eigenvalue weighted by Crippen LogP contribution is -2.40. The molecule has 0 atom stereocenters. The van der Waals surface area contributed by atoms with E-state index in [9.17, 15) is 4.79 Å². The molecule has 1 aromatic heterocycles. The van der Waals surface area contributed by atoms with Crippen molar-refractivity contribution < 1.29 is 9.90 Å². The lowest BCUT2D eigenvalue weighted by atomic mass is 9.84. The van der Waals surface area contributed by atoms with E-state index in [0.29, 0.717) is 9.09 Å². The summed E-state index contributed by atoms with van der Waals surface area (Å²) in [6.07, 6.45) is 5.95. The second kappa shape index (κ2) is 6.12. The highest BCUT2D eigenvalue weighted by Crippen LogP contribution is 2.42. The maximum atomic E-state index is 10.4. The maximum absolute atomic E-state index is 10.4. The van der Waals surface area contributed by atoms with Crippen LogP contribution in [0.2, 0.25) is 0 Å². The van der Waals surface area contributed by atoms with Crippen LogP contribution in [0.25, 0.3) is 0 Å². The minimum atomic E-state index is -0.833. The van der Waals surface area contributed by atoms with Crippen LogP contribution in [0.3, 0.4) is 0 Å². The normalized spacial score (nSPS) is 17.2. The van der Waals surface area contributed by atoms with Crippen LogP contribution in [0.5, 0.6) is 0 Å². The molecular weight excluding hydrogens is 290 g/mol. The number of nitrogens with zero attached hydrogens (tertiary/aromatic N) is 2. The molecule has 1 fully saturated rings. The predicted octanol–water partition coefficient (Wildman–Crippen LogP) is 2.41. The molecule has 2 rings (SSSR count). The van der Waals surface area contributed by atoms with Gasteiger partial charge in [0.05, 0.1) is 5.75 Å². The number of aliphatic carboxylic acids is 1. The maximum Gasteiger partial charge on any atom is 0.313 e. The molecule has 1 heterocycles. The van der Waals surface area contributed by atoms with E-state index < -0.39 is 5.97 Å². The zero-order valence-corrected chi connectivity index (χ0v) is 12.5. The predicted molar refractivity (Wildman–Crippen MR) is 76.9 cm³/mol. The number of aromatic nitrogens is 2. The van der Waals surface area contributed by atoms with Crippen molar-refractivity contribution in [2.45, 2.75) is 28.3 Å². The number of rotatable bonds is 7. The quantitative estimate of drug-likeness (QED) is 0.749. The molecule has 0 unspecified atom stereocenters. The largest absolute Gasteiger partial charge is 0.481 e. The molecule has 1 saturated carbocycles. The third-order valence-corrected chi connectivity index (χ3v) is 6.40. The Kier molecular flexibility index (Phi) is 4.74. The lowest BCUT2D eigenvalue weighted by Gasteiger charge is -2.40. The summed E-state index contributed by atoms with van der Waals surface area (Å²) >= 11 is 4.54. The van der Waals surface area contributed by atoms with Crippen molar-refractivity contribution in [2.75, 3.05) is 23.9 Å². The fourth-order valence-corrected chi connectivity index (χ4v) is 4.11. The fourth-order valence-electron chi connectivity index (χ4n) is 1.72. The SMILES string of the molecule is CSC1(CNc2nnc(SCC(=O)O)s2)CCC1. The third-order valence-electron chi connectivity index (χ3n) is 2.99. The van der Waals surface area contributed by atoms with Gasteiger partial charge in [0.2, 0.25) is 5.13 Å². The first kappa shape index (κ1) is 14.0. The van der Waals surface area contributed by atoms with E-state index in [4.69, 9.17) is 5.11 Å². The number of hydrogen-bond acceptors (Lipinski definition) is 7. The Bertz CT molecular complexity index is 415. The van der Waals surface area contributed by atoms with E-state index >= 15 is 0 Å². The minimum Gasteiger partial charge on any atom is -0.481 e. The van der Waals surface area contributed by atoms with Crippen LogP contribution in [-0.4, -0.2) is 44.6 Å². The Morgan fingerprint density at radius 2 is 2.33 bits per heavy atom. The molecule has 0 radical (unpaired) electrons. The molecular formula is C10H15N3O2S3. The second-order valence-electron chi connectivity index (χ2n) is 4.15. The van der Waals surface area contributed by atoms with Gasteiger partial charge in [-0.2, -0.15) is 11.8 Å². The summed E-state index contributed by atoms with van der Waals surface area (Å²) in [5.41, 5.74) is 0. The molecule has 0 spiro atoms. The topological polar surface area (TPSA) is 75.1 Å². The average molecular weight is 305 g/mol. The van der Waals surface area contributed by atoms with Crippen LogP contribution in [0, 0.1) is 0 Å². The van der Waals surface area contributed by atoms with Crippen LogP contribution in [-0.2, 0) is 4.79 Å². The van der Waals surface area contributed by atoms with Gasteiger partial charge in [-0.05, 0) is 19.1 Å². The van der Waals surface area contributed by atoms with E-state index in [-0.39, 0.29) is 5.75 Å². The highest BCUT2D eigenvalue weighted by atomic mass is 32.2. The molecule has 0 aromatic carbocycles. The van der Waals surface area contributed by atoms with E-state index in [1.807, 2.05) is 11.8 Å². The molecule has 18 heavy (non-hydrogen) atoms. The van der Waals surface area contributed by atoms with Crippen LogP contribution >= 0.6 is 34.9 Å². The smallest absolute Gasteiger partial charge is 0.313 e. The van der Waals surface area contributed by atoms with E-state index in [2.05, 4.69) is 21.8 Å². The van der Waals surface area contributed by atoms with Gasteiger partial charge in [-0.3, -0.25) is 4.79 Å². The Morgan fingerprint density at radius 3 is 2.89 bits per heavy atom. The van der Waals surface area contributed by atoms with Crippen molar-refractivity contribution in [1.29, 1.82) is 0 Å². The van der Waals surface area contributed by atoms with Crippen molar-refractivity contribution in [3.63, 3.8) is 0 Å². The summed E-state index contributed by atoms with van der Waals surface area (Å²) < 4.78 is 1.06. The average Bonchev–Trinajstić information content (AvgIpc) is 2.74. The summed E-state index contributed by atoms with van der Waals surface area (Å²) in [4.78, 5) is 10.4. The highest BCUT2D eigenvalue weighted by molar-refractivity contribution is 8.01. The van der Waals surface area contributed by atoms with Crippen LogP contribution in [0.4, 0.5) is 5.13 Å². The molecule has 0 aliphatic heterocycles. The Hall–Kier alpha value is -0.470. The molecule has 5 nitrogen and oxygen atoms in total. The summed E-state index contributed by atoms with van der Waals surface area (Å²) in [7, 11) is 0. The van der Waals surface area contributed by atoms with Crippen molar-refractivity contribution in [3.05, 3.63) is 0 Å². The van der Waals surface area contributed by atoms with Crippen LogP contribution in [0.1, 0.15) is 19.3 Å². The fraction of sp³-hybridized carbons (Fsp3) is 0.700. The Balaban J connectivity index is 1.81. The molecule has 1 aliphatic carbocycles. The zero-order valence-electron chi connectivity index (χ0n) is 10.0. The number of carboxylic acids is 1. The summed E-state index contributed by atoms with van der Waals surface area (Å²) in [6.45, 7) is 0.909. The van der Waals surface area contributed by atoms with Gasteiger partial charge < -0.3 is 10.4 Å². The van der Waals surface area contributed by atoms with Gasteiger partial charge in [-0.25, -0.2) is 0 Å². The third kappa shape index (κ3) is 3.52. The number of anilines is 1. The van der Waals surface area contributed by atoms with Gasteiger partial charge in [-0.1, -0.05) is 29.5 Å². The molecule has 8 heteroatoms. The molecule has 1 aromatic rings. The zero-order chi connectivity index (χ0) is 13.0. The summed E-state index contributed by atoms with van der Waals surface area (Å²) in [6, 6.07) is 0. The summed E-state index contributed by atoms with van der Waals surface area (Å²) in [5.74, 6) is -0.802. The molecule has 1 aliphatic rings. The molecule has 100 valence electrons. The van der Waals surface area contributed by atoms with Gasteiger partial charge >= 0.3 is 5.97 Å². The highest BCUT2D eigenvalue weighted by Gasteiger charge is 2.36. The number of carbonyl (C=O) groups is 1. The number of hydrogen-bond donors (Lipinski definition) is 2. The van der Waals surface area contributed by atoms with E-state index in [0.717, 1.165) is 11.7 Å².